The van der Waals surface area contributed by atoms with Crippen molar-refractivity contribution in [2.24, 2.45) is 0 Å². The smallest absolute Gasteiger partial charge is 0.274 e. The average Bonchev–Trinajstić information content (AvgIpc) is 3.46. The van der Waals surface area contributed by atoms with Gasteiger partial charge in [-0.15, -0.1) is 0 Å². The van der Waals surface area contributed by atoms with Gasteiger partial charge < -0.3 is 35.2 Å². The van der Waals surface area contributed by atoms with E-state index in [0.29, 0.717) is 17.1 Å². The Labute approximate surface area is 260 Å². The zero-order valence-corrected chi connectivity index (χ0v) is 25.7. The van der Waals surface area contributed by atoms with Crippen molar-refractivity contribution in [3.05, 3.63) is 88.3 Å². The number of aliphatic hydroxyl groups is 1. The van der Waals surface area contributed by atoms with Gasteiger partial charge in [0.05, 0.1) is 6.10 Å². The number of aliphatic hydroxyl groups excluding tert-OH is 1. The number of hydrogen-bond donors (Lipinski definition) is 4. The number of aryl methyl sites for hydroxylation is 2. The topological polar surface area (TPSA) is 187 Å². The molecule has 3 aromatic rings. The maximum atomic E-state index is 13.3. The van der Waals surface area contributed by atoms with E-state index < -0.39 is 41.8 Å². The fourth-order valence-electron chi connectivity index (χ4n) is 3.95. The molecule has 4 amide bonds. The summed E-state index contributed by atoms with van der Waals surface area (Å²) in [7, 11) is 3.09. The summed E-state index contributed by atoms with van der Waals surface area (Å²) >= 11 is 0. The summed E-state index contributed by atoms with van der Waals surface area (Å²) in [5.74, 6) is -1.84. The molecule has 0 aliphatic heterocycles. The van der Waals surface area contributed by atoms with E-state index in [1.165, 1.54) is 24.0 Å². The van der Waals surface area contributed by atoms with E-state index in [9.17, 15) is 29.5 Å². The third-order valence-electron chi connectivity index (χ3n) is 6.50. The van der Waals surface area contributed by atoms with Crippen molar-refractivity contribution in [1.82, 2.24) is 26.0 Å². The van der Waals surface area contributed by atoms with Crippen LogP contribution in [0, 0.1) is 25.2 Å². The van der Waals surface area contributed by atoms with Crippen LogP contribution in [0.3, 0.4) is 0 Å². The van der Waals surface area contributed by atoms with Gasteiger partial charge in [0.1, 0.15) is 41.8 Å². The number of nitrogens with one attached hydrogen (secondary N) is 3. The van der Waals surface area contributed by atoms with Gasteiger partial charge in [-0.05, 0) is 50.1 Å². The van der Waals surface area contributed by atoms with Gasteiger partial charge in [-0.3, -0.25) is 19.2 Å². The number of amides is 4. The first-order valence-electron chi connectivity index (χ1n) is 14.0. The average molecular weight is 617 g/mol. The Kier molecular flexibility index (Phi) is 12.0. The summed E-state index contributed by atoms with van der Waals surface area (Å²) in [6.45, 7) is 4.75. The second kappa shape index (κ2) is 15.8. The highest BCUT2D eigenvalue weighted by atomic mass is 16.5. The third kappa shape index (κ3) is 10.0. The molecule has 236 valence electrons. The van der Waals surface area contributed by atoms with Crippen LogP contribution in [0.15, 0.2) is 64.7 Å². The van der Waals surface area contributed by atoms with Crippen LogP contribution < -0.4 is 20.7 Å². The van der Waals surface area contributed by atoms with Crippen LogP contribution in [0.2, 0.25) is 0 Å². The van der Waals surface area contributed by atoms with Crippen molar-refractivity contribution in [2.45, 2.75) is 45.5 Å². The second-order valence-corrected chi connectivity index (χ2v) is 10.5. The van der Waals surface area contributed by atoms with Gasteiger partial charge in [0.2, 0.25) is 11.8 Å². The Morgan fingerprint density at radius 3 is 2.27 bits per heavy atom. The Hall–Kier alpha value is -5.48. The number of nitrogens with zero attached hydrogens (tertiary/aromatic N) is 3. The van der Waals surface area contributed by atoms with Gasteiger partial charge in [0.25, 0.3) is 11.8 Å². The number of carbonyl (C=O) groups is 4. The summed E-state index contributed by atoms with van der Waals surface area (Å²) in [6.07, 6.45) is 0.121. The number of nitriles is 1. The molecule has 3 rings (SSSR count). The zero-order valence-electron chi connectivity index (χ0n) is 25.7. The van der Waals surface area contributed by atoms with Crippen LogP contribution in [0.4, 0.5) is 0 Å². The van der Waals surface area contributed by atoms with Crippen LogP contribution in [-0.2, 0) is 20.9 Å². The second-order valence-electron chi connectivity index (χ2n) is 10.5. The van der Waals surface area contributed by atoms with Crippen LogP contribution >= 0.6 is 0 Å². The van der Waals surface area contributed by atoms with Crippen LogP contribution in [0.1, 0.15) is 39.9 Å². The third-order valence-corrected chi connectivity index (χ3v) is 6.50. The first kappa shape index (κ1) is 34.0. The van der Waals surface area contributed by atoms with Crippen molar-refractivity contribution in [3.8, 4) is 11.8 Å². The molecule has 0 aliphatic carbocycles. The molecule has 45 heavy (non-hydrogen) atoms. The van der Waals surface area contributed by atoms with E-state index in [-0.39, 0.29) is 24.4 Å². The molecule has 0 saturated heterocycles. The van der Waals surface area contributed by atoms with Crippen molar-refractivity contribution in [1.29, 1.82) is 5.26 Å². The quantitative estimate of drug-likeness (QED) is 0.164. The minimum Gasteiger partial charge on any atom is -0.491 e. The van der Waals surface area contributed by atoms with Crippen molar-refractivity contribution >= 4 is 29.7 Å². The van der Waals surface area contributed by atoms with Crippen LogP contribution in [-0.4, -0.2) is 77.7 Å². The van der Waals surface area contributed by atoms with E-state index in [2.05, 4.69) is 21.1 Å². The monoisotopic (exact) mass is 616 g/mol. The summed E-state index contributed by atoms with van der Waals surface area (Å²) < 4.78 is 10.7. The first-order valence-corrected chi connectivity index (χ1v) is 14.0. The lowest BCUT2D eigenvalue weighted by Gasteiger charge is -2.24. The largest absolute Gasteiger partial charge is 0.491 e. The van der Waals surface area contributed by atoms with Gasteiger partial charge in [-0.1, -0.05) is 47.1 Å². The SMILES string of the molecule is Cc1ccc(CNC(=O)C(COc2ccc(C=C(C#N)C(=O)N(C)C)cc2)NC(=O)[C@@H](NC(=O)c2cc(C)on2)[C@@H](C)O)cc1. The molecule has 1 unspecified atom stereocenters. The Morgan fingerprint density at radius 1 is 1.04 bits per heavy atom. The molecule has 0 spiro atoms. The summed E-state index contributed by atoms with van der Waals surface area (Å²) in [4.78, 5) is 52.5. The van der Waals surface area contributed by atoms with Gasteiger partial charge in [0, 0.05) is 26.7 Å². The fraction of sp³-hybridized carbons (Fsp3) is 0.312. The van der Waals surface area contributed by atoms with Crippen LogP contribution in [0.25, 0.3) is 6.08 Å². The molecule has 0 fully saturated rings. The number of hydrogen-bond acceptors (Lipinski definition) is 9. The fourth-order valence-corrected chi connectivity index (χ4v) is 3.95. The number of ether oxygens (including phenoxy) is 1. The van der Waals surface area contributed by atoms with Crippen LogP contribution in [0.5, 0.6) is 5.75 Å². The highest BCUT2D eigenvalue weighted by Gasteiger charge is 2.31. The molecule has 2 aromatic carbocycles. The molecule has 0 saturated carbocycles. The molecule has 4 N–H and O–H groups in total. The van der Waals surface area contributed by atoms with E-state index >= 15 is 0 Å². The lowest BCUT2D eigenvalue weighted by molar-refractivity contribution is -0.132. The molecule has 0 aliphatic rings. The standard InChI is InChI=1S/C32H36N6O7/c1-19-6-8-23(9-7-19)17-34-29(40)27(35-31(42)28(21(3)39)36-30(41)26-14-20(2)45-37-26)18-44-25-12-10-22(11-13-25)15-24(16-33)32(43)38(4)5/h6-15,21,27-28,39H,17-18H2,1-5H3,(H,34,40)(H,35,42)(H,36,41)/t21-,27?,28+/m1/s1. The lowest BCUT2D eigenvalue weighted by Crippen LogP contribution is -2.58. The van der Waals surface area contributed by atoms with Gasteiger partial charge >= 0.3 is 0 Å². The van der Waals surface area contributed by atoms with E-state index in [0.717, 1.165) is 11.1 Å². The highest BCUT2D eigenvalue weighted by molar-refractivity contribution is 6.01. The summed E-state index contributed by atoms with van der Waals surface area (Å²) in [6, 6.07) is 14.6. The molecule has 1 heterocycles. The van der Waals surface area contributed by atoms with E-state index in [4.69, 9.17) is 9.26 Å². The minimum absolute atomic E-state index is 0.0415. The minimum atomic E-state index is -1.42. The van der Waals surface area contributed by atoms with Gasteiger partial charge in [0.15, 0.2) is 5.69 Å². The Morgan fingerprint density at radius 2 is 1.71 bits per heavy atom. The van der Waals surface area contributed by atoms with E-state index in [1.807, 2.05) is 37.3 Å². The predicted octanol–water partition coefficient (Wildman–Crippen LogP) is 1.65. The number of rotatable bonds is 13. The Balaban J connectivity index is 1.75. The number of likely N-dealkylation sites (N-methyl/N-ethyl adjacent to an activating group) is 1. The predicted molar refractivity (Wildman–Crippen MR) is 163 cm³/mol. The molecule has 3 atom stereocenters. The number of aromatic nitrogens is 1. The van der Waals surface area contributed by atoms with Crippen molar-refractivity contribution in [3.63, 3.8) is 0 Å². The maximum Gasteiger partial charge on any atom is 0.274 e. The molecular formula is C32H36N6O7. The molecule has 13 nitrogen and oxygen atoms in total. The number of benzene rings is 2. The maximum absolute atomic E-state index is 13.3. The number of carbonyl (C=O) groups excluding carboxylic acids is 4. The normalized spacial score (nSPS) is 13.0. The Bertz CT molecular complexity index is 1570. The van der Waals surface area contributed by atoms with Crippen molar-refractivity contribution in [2.75, 3.05) is 20.7 Å². The van der Waals surface area contributed by atoms with E-state index in [1.54, 1.807) is 45.3 Å². The molecular weight excluding hydrogens is 580 g/mol. The molecule has 1 aromatic heterocycles. The zero-order chi connectivity index (χ0) is 33.1. The van der Waals surface area contributed by atoms with Gasteiger partial charge in [-0.25, -0.2) is 0 Å². The lowest BCUT2D eigenvalue weighted by atomic mass is 10.1. The summed E-state index contributed by atoms with van der Waals surface area (Å²) in [5, 5.41) is 31.0. The first-order chi connectivity index (χ1) is 21.4. The molecule has 0 radical (unpaired) electrons. The molecule has 0 bridgehead atoms. The van der Waals surface area contributed by atoms with Gasteiger partial charge in [-0.2, -0.15) is 5.26 Å². The highest BCUT2D eigenvalue weighted by Crippen LogP contribution is 2.16. The molecule has 13 heteroatoms. The van der Waals surface area contributed by atoms with Crippen molar-refractivity contribution < 1.29 is 33.5 Å². The summed E-state index contributed by atoms with van der Waals surface area (Å²) in [5.41, 5.74) is 2.36.